The number of hydrogen-bond donors (Lipinski definition) is 0. The van der Waals surface area contributed by atoms with Gasteiger partial charge in [-0.3, -0.25) is 4.98 Å². The van der Waals surface area contributed by atoms with E-state index in [4.69, 9.17) is 0 Å². The van der Waals surface area contributed by atoms with Crippen LogP contribution < -0.4 is 0 Å². The Kier molecular flexibility index (Phi) is 3.28. The lowest BCUT2D eigenvalue weighted by Gasteiger charge is -2.10. The van der Waals surface area contributed by atoms with Crippen molar-refractivity contribution in [2.75, 3.05) is 0 Å². The van der Waals surface area contributed by atoms with Gasteiger partial charge in [-0.15, -0.1) is 0 Å². The monoisotopic (exact) mass is 323 g/mol. The lowest BCUT2D eigenvalue weighted by atomic mass is 9.98. The Hall–Kier alpha value is -0.900. The second-order valence-corrected chi connectivity index (χ2v) is 4.69. The summed E-state index contributed by atoms with van der Waals surface area (Å²) >= 11 is 2.26. The molecule has 0 atom stereocenters. The van der Waals surface area contributed by atoms with Crippen molar-refractivity contribution in [1.29, 1.82) is 0 Å². The Balaban J connectivity index is 2.95. The number of aryl methyl sites for hydroxylation is 3. The first kappa shape index (κ1) is 11.6. The molecule has 0 radical (unpaired) electrons. The zero-order valence-electron chi connectivity index (χ0n) is 9.71. The van der Waals surface area contributed by atoms with E-state index in [1.807, 2.05) is 0 Å². The second-order valence-electron chi connectivity index (χ2n) is 3.97. The Morgan fingerprint density at radius 1 is 1.12 bits per heavy atom. The summed E-state index contributed by atoms with van der Waals surface area (Å²) in [5.74, 6) is 0. The van der Waals surface area contributed by atoms with Gasteiger partial charge in [-0.25, -0.2) is 0 Å². The van der Waals surface area contributed by atoms with E-state index in [0.29, 0.717) is 0 Å². The molecule has 0 spiro atoms. The molecule has 2 rings (SSSR count). The van der Waals surface area contributed by atoms with Gasteiger partial charge in [0.15, 0.2) is 0 Å². The van der Waals surface area contributed by atoms with Crippen molar-refractivity contribution in [2.24, 2.45) is 0 Å². The fraction of sp³-hybridized carbons (Fsp3) is 0.214. The van der Waals surface area contributed by atoms with E-state index in [2.05, 4.69) is 76.7 Å². The number of benzene rings is 1. The highest BCUT2D eigenvalue weighted by molar-refractivity contribution is 14.1. The molecule has 2 aromatic rings. The van der Waals surface area contributed by atoms with Crippen molar-refractivity contribution in [3.63, 3.8) is 0 Å². The molecule has 2 heteroatoms. The fourth-order valence-corrected chi connectivity index (χ4v) is 2.46. The molecule has 1 aromatic heterocycles. The van der Waals surface area contributed by atoms with Crippen LogP contribution in [-0.2, 0) is 0 Å². The Bertz CT molecular complexity index is 570. The summed E-state index contributed by atoms with van der Waals surface area (Å²) in [6.45, 7) is 6.30. The Morgan fingerprint density at radius 2 is 1.88 bits per heavy atom. The molecule has 0 fully saturated rings. The molecule has 0 saturated heterocycles. The SMILES string of the molecule is Cc1nc(C)c2cccc(/C=C/I)c2c1C. The molecule has 0 amide bonds. The standard InChI is InChI=1S/C14H14IN/c1-9-10(2)16-11(3)13-6-4-5-12(7-8-15)14(9)13/h4-8H,1-3H3/b8-7+. The maximum atomic E-state index is 4.58. The summed E-state index contributed by atoms with van der Waals surface area (Å²) in [6, 6.07) is 6.40. The molecule has 1 aromatic carbocycles. The maximum Gasteiger partial charge on any atom is 0.0454 e. The Morgan fingerprint density at radius 3 is 2.56 bits per heavy atom. The van der Waals surface area contributed by atoms with Gasteiger partial charge in [0.1, 0.15) is 0 Å². The van der Waals surface area contributed by atoms with Crippen molar-refractivity contribution >= 4 is 39.4 Å². The summed E-state index contributed by atoms with van der Waals surface area (Å²) in [6.07, 6.45) is 2.15. The minimum absolute atomic E-state index is 1.11. The van der Waals surface area contributed by atoms with E-state index in [9.17, 15) is 0 Å². The van der Waals surface area contributed by atoms with Crippen molar-refractivity contribution < 1.29 is 0 Å². The minimum atomic E-state index is 1.11. The van der Waals surface area contributed by atoms with Gasteiger partial charge in [0.05, 0.1) is 0 Å². The van der Waals surface area contributed by atoms with Crippen LogP contribution in [0, 0.1) is 20.8 Å². The quantitative estimate of drug-likeness (QED) is 0.701. The first-order valence-electron chi connectivity index (χ1n) is 5.28. The number of halogens is 1. The zero-order chi connectivity index (χ0) is 11.7. The average molecular weight is 323 g/mol. The van der Waals surface area contributed by atoms with Crippen LogP contribution in [0.5, 0.6) is 0 Å². The number of rotatable bonds is 1. The highest BCUT2D eigenvalue weighted by atomic mass is 127. The minimum Gasteiger partial charge on any atom is -0.258 e. The van der Waals surface area contributed by atoms with Crippen molar-refractivity contribution in [3.05, 3.63) is 44.8 Å². The van der Waals surface area contributed by atoms with Gasteiger partial charge in [-0.1, -0.05) is 40.8 Å². The molecule has 16 heavy (non-hydrogen) atoms. The number of fused-ring (bicyclic) bond motifs is 1. The third kappa shape index (κ3) is 1.86. The van der Waals surface area contributed by atoms with Crippen LogP contribution >= 0.6 is 22.6 Å². The number of hydrogen-bond acceptors (Lipinski definition) is 1. The molecular formula is C14H14IN. The predicted molar refractivity (Wildman–Crippen MR) is 79.0 cm³/mol. The van der Waals surface area contributed by atoms with E-state index in [0.717, 1.165) is 11.4 Å². The molecule has 82 valence electrons. The van der Waals surface area contributed by atoms with Gasteiger partial charge in [0, 0.05) is 16.8 Å². The van der Waals surface area contributed by atoms with Crippen LogP contribution in [0.1, 0.15) is 22.5 Å². The summed E-state index contributed by atoms with van der Waals surface area (Å²) in [5.41, 5.74) is 4.80. The molecule has 1 heterocycles. The van der Waals surface area contributed by atoms with Crippen LogP contribution in [0.15, 0.2) is 22.3 Å². The topological polar surface area (TPSA) is 12.9 Å². The van der Waals surface area contributed by atoms with Crippen molar-refractivity contribution in [1.82, 2.24) is 4.98 Å². The van der Waals surface area contributed by atoms with Gasteiger partial charge >= 0.3 is 0 Å². The molecule has 0 unspecified atom stereocenters. The third-order valence-electron chi connectivity index (χ3n) is 2.98. The third-order valence-corrected chi connectivity index (χ3v) is 3.34. The predicted octanol–water partition coefficient (Wildman–Crippen LogP) is 4.57. The van der Waals surface area contributed by atoms with E-state index < -0.39 is 0 Å². The number of aromatic nitrogens is 1. The maximum absolute atomic E-state index is 4.58. The zero-order valence-corrected chi connectivity index (χ0v) is 11.9. The molecule has 0 aliphatic carbocycles. The van der Waals surface area contributed by atoms with Gasteiger partial charge in [-0.05, 0) is 47.4 Å². The summed E-state index contributed by atoms with van der Waals surface area (Å²) in [7, 11) is 0. The van der Waals surface area contributed by atoms with Crippen molar-refractivity contribution in [3.8, 4) is 0 Å². The van der Waals surface area contributed by atoms with Gasteiger partial charge in [0.25, 0.3) is 0 Å². The summed E-state index contributed by atoms with van der Waals surface area (Å²) < 4.78 is 2.05. The smallest absolute Gasteiger partial charge is 0.0454 e. The van der Waals surface area contributed by atoms with Crippen LogP contribution in [0.2, 0.25) is 0 Å². The van der Waals surface area contributed by atoms with Crippen LogP contribution in [0.3, 0.4) is 0 Å². The van der Waals surface area contributed by atoms with E-state index in [-0.39, 0.29) is 0 Å². The van der Waals surface area contributed by atoms with E-state index in [1.54, 1.807) is 0 Å². The first-order chi connectivity index (χ1) is 7.65. The molecule has 0 aliphatic rings. The molecular weight excluding hydrogens is 309 g/mol. The summed E-state index contributed by atoms with van der Waals surface area (Å²) in [5, 5.41) is 2.59. The Labute approximate surface area is 110 Å². The highest BCUT2D eigenvalue weighted by Gasteiger charge is 2.07. The average Bonchev–Trinajstić information content (AvgIpc) is 2.26. The first-order valence-corrected chi connectivity index (χ1v) is 6.53. The molecule has 0 N–H and O–H groups in total. The second kappa shape index (κ2) is 4.53. The number of nitrogens with zero attached hydrogens (tertiary/aromatic N) is 1. The molecule has 0 aliphatic heterocycles. The fourth-order valence-electron chi connectivity index (χ4n) is 2.07. The lowest BCUT2D eigenvalue weighted by Crippen LogP contribution is -1.94. The van der Waals surface area contributed by atoms with Gasteiger partial charge in [-0.2, -0.15) is 0 Å². The molecule has 0 bridgehead atoms. The van der Waals surface area contributed by atoms with Crippen molar-refractivity contribution in [2.45, 2.75) is 20.8 Å². The highest BCUT2D eigenvalue weighted by Crippen LogP contribution is 2.27. The normalized spacial score (nSPS) is 11.5. The van der Waals surface area contributed by atoms with E-state index >= 15 is 0 Å². The van der Waals surface area contributed by atoms with E-state index in [1.165, 1.54) is 21.9 Å². The van der Waals surface area contributed by atoms with Crippen LogP contribution in [0.4, 0.5) is 0 Å². The van der Waals surface area contributed by atoms with Gasteiger partial charge in [0.2, 0.25) is 0 Å². The summed E-state index contributed by atoms with van der Waals surface area (Å²) in [4.78, 5) is 4.58. The lowest BCUT2D eigenvalue weighted by molar-refractivity contribution is 1.12. The largest absolute Gasteiger partial charge is 0.258 e. The molecule has 1 nitrogen and oxygen atoms in total. The van der Waals surface area contributed by atoms with Gasteiger partial charge < -0.3 is 0 Å². The van der Waals surface area contributed by atoms with Crippen LogP contribution in [0.25, 0.3) is 16.8 Å². The molecule has 0 saturated carbocycles. The van der Waals surface area contributed by atoms with Crippen LogP contribution in [-0.4, -0.2) is 4.98 Å². The number of pyridine rings is 1.